The second kappa shape index (κ2) is 4.41. The molecule has 0 bridgehead atoms. The summed E-state index contributed by atoms with van der Waals surface area (Å²) in [6.07, 6.45) is 6.20. The molecule has 4 heteroatoms. The molecule has 0 aliphatic carbocycles. The van der Waals surface area contributed by atoms with Crippen LogP contribution in [-0.4, -0.2) is 32.3 Å². The predicted molar refractivity (Wildman–Crippen MR) is 65.9 cm³/mol. The molecule has 1 saturated heterocycles. The summed E-state index contributed by atoms with van der Waals surface area (Å²) in [6.45, 7) is 0.935. The summed E-state index contributed by atoms with van der Waals surface area (Å²) in [4.78, 5) is 4.72. The Balaban J connectivity index is 1.80. The van der Waals surface area contributed by atoms with E-state index in [1.54, 1.807) is 0 Å². The normalized spacial score (nSPS) is 26.7. The number of aliphatic hydroxyl groups excluding tert-OH is 1. The zero-order chi connectivity index (χ0) is 11.0. The van der Waals surface area contributed by atoms with Crippen LogP contribution < -0.4 is 0 Å². The Morgan fingerprint density at radius 2 is 2.12 bits per heavy atom. The Labute approximate surface area is 100 Å². The lowest BCUT2D eigenvalue weighted by Gasteiger charge is -2.19. The van der Waals surface area contributed by atoms with E-state index in [9.17, 15) is 5.11 Å². The Kier molecular flexibility index (Phi) is 2.94. The average Bonchev–Trinajstić information content (AvgIpc) is 2.73. The Hall–Kier alpha value is -0.480. The molecule has 0 aromatic carbocycles. The molecule has 0 radical (unpaired) electrons. The van der Waals surface area contributed by atoms with Crippen molar-refractivity contribution in [3.8, 4) is 0 Å². The molecule has 88 valence electrons. The van der Waals surface area contributed by atoms with Crippen molar-refractivity contribution in [2.75, 3.05) is 11.5 Å². The van der Waals surface area contributed by atoms with E-state index in [4.69, 9.17) is 4.98 Å². The van der Waals surface area contributed by atoms with E-state index in [-0.39, 0.29) is 6.10 Å². The van der Waals surface area contributed by atoms with E-state index < -0.39 is 0 Å². The molecule has 16 heavy (non-hydrogen) atoms. The first-order chi connectivity index (χ1) is 7.83. The summed E-state index contributed by atoms with van der Waals surface area (Å²) in [5, 5.41) is 9.62. The van der Waals surface area contributed by atoms with E-state index >= 15 is 0 Å². The van der Waals surface area contributed by atoms with E-state index in [1.807, 2.05) is 0 Å². The van der Waals surface area contributed by atoms with Crippen LogP contribution in [0.25, 0.3) is 0 Å². The highest BCUT2D eigenvalue weighted by atomic mass is 32.2. The lowest BCUT2D eigenvalue weighted by Crippen LogP contribution is -2.22. The van der Waals surface area contributed by atoms with Gasteiger partial charge in [-0.1, -0.05) is 0 Å². The third-order valence-corrected chi connectivity index (χ3v) is 4.69. The number of hydrogen-bond donors (Lipinski definition) is 1. The molecular weight excluding hydrogens is 220 g/mol. The third-order valence-electron chi connectivity index (χ3n) is 3.64. The van der Waals surface area contributed by atoms with Gasteiger partial charge in [0.2, 0.25) is 0 Å². The van der Waals surface area contributed by atoms with Crippen LogP contribution in [0.2, 0.25) is 0 Å². The average molecular weight is 238 g/mol. The van der Waals surface area contributed by atoms with Crippen molar-refractivity contribution >= 4 is 11.8 Å². The molecule has 1 aromatic heterocycles. The molecule has 3 nitrogen and oxygen atoms in total. The zero-order valence-electron chi connectivity index (χ0n) is 9.43. The molecule has 0 spiro atoms. The molecule has 1 fully saturated rings. The first kappa shape index (κ1) is 10.7. The number of aryl methyl sites for hydroxylation is 1. The van der Waals surface area contributed by atoms with Gasteiger partial charge in [0.25, 0.3) is 0 Å². The van der Waals surface area contributed by atoms with Crippen molar-refractivity contribution in [1.29, 1.82) is 0 Å². The number of fused-ring (bicyclic) bond motifs is 1. The highest BCUT2D eigenvalue weighted by Gasteiger charge is 2.23. The van der Waals surface area contributed by atoms with Crippen LogP contribution in [-0.2, 0) is 13.0 Å². The fourth-order valence-electron chi connectivity index (χ4n) is 2.62. The molecule has 1 atom stereocenters. The van der Waals surface area contributed by atoms with E-state index in [0.29, 0.717) is 5.92 Å². The Bertz CT molecular complexity index is 371. The van der Waals surface area contributed by atoms with Gasteiger partial charge in [-0.15, -0.1) is 0 Å². The number of thioether (sulfide) groups is 1. The smallest absolute Gasteiger partial charge is 0.111 e. The number of aliphatic hydroxyl groups is 1. The van der Waals surface area contributed by atoms with E-state index in [1.165, 1.54) is 30.0 Å². The Morgan fingerprint density at radius 3 is 2.94 bits per heavy atom. The minimum absolute atomic E-state index is 0.176. The number of nitrogens with zero attached hydrogens (tertiary/aromatic N) is 2. The van der Waals surface area contributed by atoms with Gasteiger partial charge in [-0.3, -0.25) is 0 Å². The van der Waals surface area contributed by atoms with Gasteiger partial charge in [0.05, 0.1) is 11.8 Å². The van der Waals surface area contributed by atoms with Gasteiger partial charge >= 0.3 is 0 Å². The number of aromatic nitrogens is 2. The van der Waals surface area contributed by atoms with Crippen molar-refractivity contribution in [1.82, 2.24) is 9.55 Å². The summed E-state index contributed by atoms with van der Waals surface area (Å²) in [5.41, 5.74) is 1.27. The summed E-state index contributed by atoms with van der Waals surface area (Å²) >= 11 is 2.05. The lowest BCUT2D eigenvalue weighted by atomic mass is 10.00. The first-order valence-electron chi connectivity index (χ1n) is 6.14. The molecule has 0 saturated carbocycles. The fourth-order valence-corrected chi connectivity index (χ4v) is 3.73. The van der Waals surface area contributed by atoms with Crippen molar-refractivity contribution in [2.45, 2.75) is 44.2 Å². The Morgan fingerprint density at radius 1 is 1.31 bits per heavy atom. The minimum Gasteiger partial charge on any atom is -0.393 e. The van der Waals surface area contributed by atoms with Gasteiger partial charge in [0.1, 0.15) is 5.82 Å². The fraction of sp³-hybridized carbons (Fsp3) is 0.750. The summed E-state index contributed by atoms with van der Waals surface area (Å²) < 4.78 is 2.24. The third kappa shape index (κ3) is 2.00. The van der Waals surface area contributed by atoms with Crippen LogP contribution in [0.15, 0.2) is 6.20 Å². The lowest BCUT2D eigenvalue weighted by molar-refractivity contribution is 0.141. The SMILES string of the molecule is OC1CCn2cc(C3CCSCC3)nc2C1. The molecule has 0 amide bonds. The zero-order valence-corrected chi connectivity index (χ0v) is 10.2. The van der Waals surface area contributed by atoms with Crippen LogP contribution in [0.3, 0.4) is 0 Å². The predicted octanol–water partition coefficient (Wildman–Crippen LogP) is 1.80. The maximum Gasteiger partial charge on any atom is 0.111 e. The van der Waals surface area contributed by atoms with Crippen LogP contribution >= 0.6 is 11.8 Å². The highest BCUT2D eigenvalue weighted by Crippen LogP contribution is 2.31. The summed E-state index contributed by atoms with van der Waals surface area (Å²) in [7, 11) is 0. The number of rotatable bonds is 1. The van der Waals surface area contributed by atoms with Gasteiger partial charge in [-0.05, 0) is 30.8 Å². The molecule has 3 rings (SSSR count). The van der Waals surface area contributed by atoms with Crippen LogP contribution in [0.4, 0.5) is 0 Å². The first-order valence-corrected chi connectivity index (χ1v) is 7.30. The number of imidazole rings is 1. The van der Waals surface area contributed by atoms with Crippen molar-refractivity contribution in [3.05, 3.63) is 17.7 Å². The quantitative estimate of drug-likeness (QED) is 0.811. The largest absolute Gasteiger partial charge is 0.393 e. The van der Waals surface area contributed by atoms with Crippen molar-refractivity contribution in [2.24, 2.45) is 0 Å². The van der Waals surface area contributed by atoms with Crippen molar-refractivity contribution < 1.29 is 5.11 Å². The topological polar surface area (TPSA) is 38.0 Å². The highest BCUT2D eigenvalue weighted by molar-refractivity contribution is 7.99. The van der Waals surface area contributed by atoms with Crippen LogP contribution in [0, 0.1) is 0 Å². The van der Waals surface area contributed by atoms with Crippen LogP contribution in [0.1, 0.15) is 36.7 Å². The second-order valence-electron chi connectivity index (χ2n) is 4.81. The van der Waals surface area contributed by atoms with Gasteiger partial charge in [0.15, 0.2) is 0 Å². The molecule has 1 N–H and O–H groups in total. The summed E-state index contributed by atoms with van der Waals surface area (Å²) in [6, 6.07) is 0. The monoisotopic (exact) mass is 238 g/mol. The van der Waals surface area contributed by atoms with E-state index in [0.717, 1.165) is 25.2 Å². The van der Waals surface area contributed by atoms with E-state index in [2.05, 4.69) is 22.5 Å². The molecule has 3 heterocycles. The molecule has 1 unspecified atom stereocenters. The molecule has 2 aliphatic rings. The molecule has 2 aliphatic heterocycles. The van der Waals surface area contributed by atoms with Gasteiger partial charge in [-0.2, -0.15) is 11.8 Å². The van der Waals surface area contributed by atoms with Gasteiger partial charge in [0, 0.05) is 25.1 Å². The van der Waals surface area contributed by atoms with Gasteiger partial charge in [-0.25, -0.2) is 4.98 Å². The molecular formula is C12H18N2OS. The summed E-state index contributed by atoms with van der Waals surface area (Å²) in [5.74, 6) is 4.30. The maximum atomic E-state index is 9.62. The second-order valence-corrected chi connectivity index (χ2v) is 6.03. The standard InChI is InChI=1S/C12H18N2OS/c15-10-1-4-14-8-11(13-12(14)7-10)9-2-5-16-6-3-9/h8-10,15H,1-7H2. The van der Waals surface area contributed by atoms with Gasteiger partial charge < -0.3 is 9.67 Å². The van der Waals surface area contributed by atoms with Crippen molar-refractivity contribution in [3.63, 3.8) is 0 Å². The minimum atomic E-state index is -0.176. The maximum absolute atomic E-state index is 9.62. The van der Waals surface area contributed by atoms with Crippen LogP contribution in [0.5, 0.6) is 0 Å². The molecule has 1 aromatic rings. The number of hydrogen-bond acceptors (Lipinski definition) is 3.